The van der Waals surface area contributed by atoms with Crippen LogP contribution >= 0.6 is 0 Å². The van der Waals surface area contributed by atoms with Crippen molar-refractivity contribution < 1.29 is 19.4 Å². The lowest BCUT2D eigenvalue weighted by atomic mass is 9.89. The second-order valence-electron chi connectivity index (χ2n) is 5.05. The molecule has 0 aliphatic carbocycles. The van der Waals surface area contributed by atoms with Gasteiger partial charge in [0, 0.05) is 17.2 Å². The number of aliphatic hydroxyl groups is 1. The first-order valence-corrected chi connectivity index (χ1v) is 6.72. The van der Waals surface area contributed by atoms with Crippen molar-refractivity contribution in [2.75, 3.05) is 13.2 Å². The molecule has 1 aliphatic rings. The molecular formula is C15H19NO4. The van der Waals surface area contributed by atoms with Crippen molar-refractivity contribution in [3.8, 4) is 0 Å². The fraction of sp³-hybridized carbons (Fsp3) is 0.467. The van der Waals surface area contributed by atoms with E-state index in [0.29, 0.717) is 11.1 Å². The third-order valence-corrected chi connectivity index (χ3v) is 3.59. The molecule has 1 atom stereocenters. The summed E-state index contributed by atoms with van der Waals surface area (Å²) in [7, 11) is 0. The third kappa shape index (κ3) is 1.81. The summed E-state index contributed by atoms with van der Waals surface area (Å²) in [5, 5.41) is 9.90. The van der Waals surface area contributed by atoms with Gasteiger partial charge in [0.05, 0.1) is 13.2 Å². The predicted octanol–water partition coefficient (Wildman–Crippen LogP) is 1.30. The van der Waals surface area contributed by atoms with Crippen LogP contribution in [0.3, 0.4) is 0 Å². The minimum atomic E-state index is -1.43. The number of fused-ring (bicyclic) bond motifs is 1. The lowest BCUT2D eigenvalue weighted by molar-refractivity contribution is -0.160. The number of esters is 1. The Labute approximate surface area is 118 Å². The summed E-state index contributed by atoms with van der Waals surface area (Å²) < 4.78 is 5.11. The maximum atomic E-state index is 12.5. The lowest BCUT2D eigenvalue weighted by Crippen LogP contribution is -2.55. The number of amides is 1. The average Bonchev–Trinajstić information content (AvgIpc) is 2.69. The van der Waals surface area contributed by atoms with Gasteiger partial charge >= 0.3 is 5.97 Å². The van der Waals surface area contributed by atoms with Crippen molar-refractivity contribution in [3.05, 3.63) is 35.4 Å². The average molecular weight is 277 g/mol. The molecule has 2 rings (SSSR count). The number of ether oxygens (including phenoxy) is 1. The van der Waals surface area contributed by atoms with Gasteiger partial charge in [0.15, 0.2) is 5.54 Å². The minimum absolute atomic E-state index is 0.197. The van der Waals surface area contributed by atoms with Crippen LogP contribution < -0.4 is 0 Å². The van der Waals surface area contributed by atoms with Crippen molar-refractivity contribution in [2.45, 2.75) is 32.4 Å². The molecule has 0 saturated heterocycles. The molecule has 0 radical (unpaired) electrons. The molecule has 1 amide bonds. The van der Waals surface area contributed by atoms with Gasteiger partial charge in [-0.3, -0.25) is 4.79 Å². The predicted molar refractivity (Wildman–Crippen MR) is 73.1 cm³/mol. The van der Waals surface area contributed by atoms with Gasteiger partial charge in [-0.25, -0.2) is 4.79 Å². The normalized spacial score (nSPS) is 21.2. The largest absolute Gasteiger partial charge is 0.464 e. The van der Waals surface area contributed by atoms with Gasteiger partial charge in [-0.1, -0.05) is 18.2 Å². The highest BCUT2D eigenvalue weighted by molar-refractivity contribution is 6.06. The van der Waals surface area contributed by atoms with E-state index in [2.05, 4.69) is 0 Å². The smallest absolute Gasteiger partial charge is 0.339 e. The first-order valence-electron chi connectivity index (χ1n) is 6.72. The van der Waals surface area contributed by atoms with E-state index in [4.69, 9.17) is 4.74 Å². The van der Waals surface area contributed by atoms with Crippen molar-refractivity contribution in [2.24, 2.45) is 0 Å². The van der Waals surface area contributed by atoms with Crippen LogP contribution in [0.1, 0.15) is 36.7 Å². The Morgan fingerprint density at radius 2 is 2.05 bits per heavy atom. The van der Waals surface area contributed by atoms with Crippen LogP contribution in [0.15, 0.2) is 24.3 Å². The van der Waals surface area contributed by atoms with Gasteiger partial charge in [-0.05, 0) is 26.8 Å². The monoisotopic (exact) mass is 277 g/mol. The number of carbonyl (C=O) groups is 2. The van der Waals surface area contributed by atoms with Crippen molar-refractivity contribution in [1.29, 1.82) is 0 Å². The molecule has 1 aliphatic heterocycles. The van der Waals surface area contributed by atoms with Crippen LogP contribution in [0.4, 0.5) is 0 Å². The standard InChI is InChI=1S/C15H19NO4/c1-4-20-14(19)15(9-17)12-8-6-5-7-11(12)13(18)16(15)10(2)3/h5-8,10,17H,4,9H2,1-3H3. The maximum Gasteiger partial charge on any atom is 0.339 e. The highest BCUT2D eigenvalue weighted by atomic mass is 16.5. The molecule has 1 aromatic rings. The Hall–Kier alpha value is -1.88. The number of nitrogens with zero attached hydrogens (tertiary/aromatic N) is 1. The molecule has 0 spiro atoms. The highest BCUT2D eigenvalue weighted by Gasteiger charge is 2.56. The topological polar surface area (TPSA) is 66.8 Å². The first kappa shape index (κ1) is 14.5. The molecule has 0 aromatic heterocycles. The Kier molecular flexibility index (Phi) is 3.81. The number of hydrogen-bond donors (Lipinski definition) is 1. The first-order chi connectivity index (χ1) is 9.50. The van der Waals surface area contributed by atoms with E-state index in [1.54, 1.807) is 31.2 Å². The van der Waals surface area contributed by atoms with E-state index >= 15 is 0 Å². The van der Waals surface area contributed by atoms with Crippen LogP contribution in [0, 0.1) is 0 Å². The van der Waals surface area contributed by atoms with Gasteiger partial charge < -0.3 is 14.7 Å². The minimum Gasteiger partial charge on any atom is -0.464 e. The van der Waals surface area contributed by atoms with Crippen LogP contribution in [-0.4, -0.2) is 41.1 Å². The van der Waals surface area contributed by atoms with Gasteiger partial charge in [-0.2, -0.15) is 0 Å². The van der Waals surface area contributed by atoms with E-state index in [9.17, 15) is 14.7 Å². The van der Waals surface area contributed by atoms with E-state index in [1.165, 1.54) is 4.90 Å². The zero-order valence-electron chi connectivity index (χ0n) is 11.9. The molecule has 0 saturated carbocycles. The summed E-state index contributed by atoms with van der Waals surface area (Å²) >= 11 is 0. The number of rotatable bonds is 4. The van der Waals surface area contributed by atoms with Gasteiger partial charge in [0.1, 0.15) is 0 Å². The Morgan fingerprint density at radius 3 is 2.60 bits per heavy atom. The van der Waals surface area contributed by atoms with Crippen LogP contribution in [0.25, 0.3) is 0 Å². The molecule has 20 heavy (non-hydrogen) atoms. The number of aliphatic hydroxyl groups excluding tert-OH is 1. The fourth-order valence-electron chi connectivity index (χ4n) is 2.82. The summed E-state index contributed by atoms with van der Waals surface area (Å²) in [4.78, 5) is 26.4. The van der Waals surface area contributed by atoms with Crippen LogP contribution in [-0.2, 0) is 15.1 Å². The Balaban J connectivity index is 2.67. The summed E-state index contributed by atoms with van der Waals surface area (Å²) in [5.74, 6) is -0.841. The summed E-state index contributed by atoms with van der Waals surface area (Å²) in [6, 6.07) is 6.63. The number of carbonyl (C=O) groups excluding carboxylic acids is 2. The van der Waals surface area contributed by atoms with Gasteiger partial charge in [0.2, 0.25) is 0 Å². The van der Waals surface area contributed by atoms with Crippen molar-refractivity contribution >= 4 is 11.9 Å². The molecule has 5 heteroatoms. The zero-order chi connectivity index (χ0) is 14.9. The summed E-state index contributed by atoms with van der Waals surface area (Å²) in [6.07, 6.45) is 0. The molecule has 0 fully saturated rings. The molecule has 1 unspecified atom stereocenters. The molecular weight excluding hydrogens is 258 g/mol. The number of benzene rings is 1. The van der Waals surface area contributed by atoms with Crippen molar-refractivity contribution in [3.63, 3.8) is 0 Å². The van der Waals surface area contributed by atoms with Gasteiger partial charge in [0.25, 0.3) is 5.91 Å². The quantitative estimate of drug-likeness (QED) is 0.842. The Morgan fingerprint density at radius 1 is 1.40 bits per heavy atom. The fourth-order valence-corrected chi connectivity index (χ4v) is 2.82. The van der Waals surface area contributed by atoms with Crippen LogP contribution in [0.2, 0.25) is 0 Å². The summed E-state index contributed by atoms with van der Waals surface area (Å²) in [6.45, 7) is 5.03. The van der Waals surface area contributed by atoms with E-state index in [1.807, 2.05) is 13.8 Å². The van der Waals surface area contributed by atoms with E-state index < -0.39 is 18.1 Å². The molecule has 1 N–H and O–H groups in total. The highest BCUT2D eigenvalue weighted by Crippen LogP contribution is 2.41. The van der Waals surface area contributed by atoms with Crippen LogP contribution in [0.5, 0.6) is 0 Å². The number of hydrogen-bond acceptors (Lipinski definition) is 4. The zero-order valence-corrected chi connectivity index (χ0v) is 11.9. The van der Waals surface area contributed by atoms with Gasteiger partial charge in [-0.15, -0.1) is 0 Å². The third-order valence-electron chi connectivity index (χ3n) is 3.59. The van der Waals surface area contributed by atoms with E-state index in [-0.39, 0.29) is 18.6 Å². The second-order valence-corrected chi connectivity index (χ2v) is 5.05. The second kappa shape index (κ2) is 5.25. The maximum absolute atomic E-state index is 12.5. The molecule has 108 valence electrons. The van der Waals surface area contributed by atoms with E-state index in [0.717, 1.165) is 0 Å². The van der Waals surface area contributed by atoms with Crippen molar-refractivity contribution in [1.82, 2.24) is 4.90 Å². The molecule has 1 aromatic carbocycles. The molecule has 1 heterocycles. The Bertz CT molecular complexity index is 540. The molecule has 5 nitrogen and oxygen atoms in total. The molecule has 0 bridgehead atoms. The lowest BCUT2D eigenvalue weighted by Gasteiger charge is -2.37. The SMILES string of the molecule is CCOC(=O)C1(CO)c2ccccc2C(=O)N1C(C)C. The summed E-state index contributed by atoms with van der Waals surface area (Å²) in [5.41, 5.74) is -0.472.